The van der Waals surface area contributed by atoms with Crippen molar-refractivity contribution in [1.82, 2.24) is 0 Å². The number of esters is 2. The smallest absolute Gasteiger partial charge is 0.306 e. The Morgan fingerprint density at radius 1 is 0.522 bits per heavy atom. The van der Waals surface area contributed by atoms with Crippen LogP contribution in [0.3, 0.4) is 0 Å². The van der Waals surface area contributed by atoms with E-state index in [0.29, 0.717) is 19.3 Å². The molecule has 0 aliphatic rings. The van der Waals surface area contributed by atoms with Crippen molar-refractivity contribution in [2.24, 2.45) is 0 Å². The van der Waals surface area contributed by atoms with Gasteiger partial charge in [0.15, 0.2) is 6.10 Å². The van der Waals surface area contributed by atoms with Crippen LogP contribution in [0.4, 0.5) is 0 Å². The van der Waals surface area contributed by atoms with Gasteiger partial charge < -0.3 is 14.6 Å². The van der Waals surface area contributed by atoms with Crippen LogP contribution in [0.5, 0.6) is 0 Å². The third-order valence-electron chi connectivity index (χ3n) is 7.48. The van der Waals surface area contributed by atoms with Gasteiger partial charge in [0.2, 0.25) is 0 Å². The van der Waals surface area contributed by atoms with Crippen LogP contribution in [0.2, 0.25) is 0 Å². The fraction of sp³-hybridized carbons (Fsp3) is 0.659. The Balaban J connectivity index is 3.71. The monoisotopic (exact) mass is 641 g/mol. The molecule has 0 aromatic carbocycles. The molecule has 262 valence electrons. The van der Waals surface area contributed by atoms with Gasteiger partial charge in [-0.25, -0.2) is 0 Å². The van der Waals surface area contributed by atoms with Crippen LogP contribution in [0.15, 0.2) is 72.9 Å². The maximum Gasteiger partial charge on any atom is 0.306 e. The van der Waals surface area contributed by atoms with Crippen molar-refractivity contribution in [3.63, 3.8) is 0 Å². The molecule has 0 rings (SSSR count). The zero-order chi connectivity index (χ0) is 33.6. The van der Waals surface area contributed by atoms with E-state index < -0.39 is 6.10 Å². The number of aliphatic hydroxyl groups is 1. The number of allylic oxidation sites excluding steroid dienone is 12. The highest BCUT2D eigenvalue weighted by atomic mass is 16.6. The molecule has 5 heteroatoms. The van der Waals surface area contributed by atoms with E-state index >= 15 is 0 Å². The fourth-order valence-corrected chi connectivity index (χ4v) is 4.70. The molecule has 0 heterocycles. The number of hydrogen-bond acceptors (Lipinski definition) is 5. The first-order valence-electron chi connectivity index (χ1n) is 18.5. The van der Waals surface area contributed by atoms with Gasteiger partial charge in [0, 0.05) is 12.8 Å². The number of rotatable bonds is 32. The Kier molecular flexibility index (Phi) is 34.7. The molecule has 1 atom stereocenters. The summed E-state index contributed by atoms with van der Waals surface area (Å²) in [6.07, 6.45) is 48.2. The minimum Gasteiger partial charge on any atom is -0.462 e. The van der Waals surface area contributed by atoms with Gasteiger partial charge in [-0.15, -0.1) is 0 Å². The minimum absolute atomic E-state index is 0.103. The molecule has 0 amide bonds. The minimum atomic E-state index is -0.803. The summed E-state index contributed by atoms with van der Waals surface area (Å²) >= 11 is 0. The van der Waals surface area contributed by atoms with Crippen LogP contribution in [0.1, 0.15) is 155 Å². The molecular formula is C41H68O5. The molecule has 0 unspecified atom stereocenters. The maximum atomic E-state index is 12.1. The highest BCUT2D eigenvalue weighted by molar-refractivity contribution is 5.70. The van der Waals surface area contributed by atoms with Gasteiger partial charge in [-0.3, -0.25) is 9.59 Å². The van der Waals surface area contributed by atoms with Crippen LogP contribution in [-0.4, -0.2) is 36.4 Å². The van der Waals surface area contributed by atoms with Crippen LogP contribution in [-0.2, 0) is 19.1 Å². The molecule has 0 saturated carbocycles. The predicted molar refractivity (Wildman–Crippen MR) is 196 cm³/mol. The summed E-state index contributed by atoms with van der Waals surface area (Å²) in [7, 11) is 0. The lowest BCUT2D eigenvalue weighted by atomic mass is 10.1. The second kappa shape index (κ2) is 36.8. The molecule has 46 heavy (non-hydrogen) atoms. The van der Waals surface area contributed by atoms with Gasteiger partial charge in [-0.05, 0) is 77.0 Å². The van der Waals surface area contributed by atoms with E-state index in [1.54, 1.807) is 0 Å². The molecule has 0 aliphatic heterocycles. The molecule has 0 fully saturated rings. The van der Waals surface area contributed by atoms with Crippen molar-refractivity contribution < 1.29 is 24.2 Å². The zero-order valence-electron chi connectivity index (χ0n) is 29.6. The molecule has 0 aliphatic carbocycles. The van der Waals surface area contributed by atoms with Crippen molar-refractivity contribution in [2.75, 3.05) is 13.2 Å². The van der Waals surface area contributed by atoms with Crippen molar-refractivity contribution in [3.05, 3.63) is 72.9 Å². The highest BCUT2D eigenvalue weighted by Crippen LogP contribution is 2.10. The van der Waals surface area contributed by atoms with Gasteiger partial charge in [-0.1, -0.05) is 138 Å². The molecule has 0 bridgehead atoms. The van der Waals surface area contributed by atoms with Crippen LogP contribution in [0, 0.1) is 0 Å². The summed E-state index contributed by atoms with van der Waals surface area (Å²) in [6.45, 7) is 3.94. The van der Waals surface area contributed by atoms with Crippen molar-refractivity contribution in [2.45, 2.75) is 161 Å². The van der Waals surface area contributed by atoms with E-state index in [-0.39, 0.29) is 25.2 Å². The summed E-state index contributed by atoms with van der Waals surface area (Å²) in [5.41, 5.74) is 0. The summed E-state index contributed by atoms with van der Waals surface area (Å²) in [5.74, 6) is -0.679. The number of carbonyl (C=O) groups is 2. The predicted octanol–water partition coefficient (Wildman–Crippen LogP) is 11.4. The molecule has 0 saturated heterocycles. The van der Waals surface area contributed by atoms with E-state index in [2.05, 4.69) is 86.8 Å². The fourth-order valence-electron chi connectivity index (χ4n) is 4.70. The summed E-state index contributed by atoms with van der Waals surface area (Å²) < 4.78 is 10.5. The normalized spacial score (nSPS) is 13.0. The lowest BCUT2D eigenvalue weighted by Crippen LogP contribution is -2.28. The number of carbonyl (C=O) groups excluding carboxylic acids is 2. The van der Waals surface area contributed by atoms with Gasteiger partial charge in [0.1, 0.15) is 6.61 Å². The molecule has 1 N–H and O–H groups in total. The third kappa shape index (κ3) is 34.2. The Hall–Kier alpha value is -2.66. The molecule has 5 nitrogen and oxygen atoms in total. The van der Waals surface area contributed by atoms with Gasteiger partial charge in [0.25, 0.3) is 0 Å². The first-order chi connectivity index (χ1) is 22.6. The number of unbranched alkanes of at least 4 members (excludes halogenated alkanes) is 12. The molecule has 0 radical (unpaired) electrons. The number of aliphatic hydroxyl groups excluding tert-OH is 1. The highest BCUT2D eigenvalue weighted by Gasteiger charge is 2.15. The van der Waals surface area contributed by atoms with Crippen LogP contribution < -0.4 is 0 Å². The van der Waals surface area contributed by atoms with Gasteiger partial charge >= 0.3 is 11.9 Å². The number of hydrogen-bond donors (Lipinski definition) is 1. The van der Waals surface area contributed by atoms with Gasteiger partial charge in [-0.2, -0.15) is 0 Å². The van der Waals surface area contributed by atoms with E-state index in [1.165, 1.54) is 44.9 Å². The van der Waals surface area contributed by atoms with E-state index in [0.717, 1.165) is 77.0 Å². The Morgan fingerprint density at radius 3 is 1.48 bits per heavy atom. The standard InChI is InChI=1S/C41H68O5/c1-3-5-7-9-11-13-15-17-19-20-22-23-25-27-29-31-33-35-40(43)45-38-39(37-42)46-41(44)36-34-32-30-28-26-24-21-18-16-14-12-10-8-6-4-2/h6,8,12,14,17-19,21-23,27,29,39,42H,3-5,7,9-11,13,15-16,20,24-26,28,30-38H2,1-2H3/b8-6-,14-12-,19-17-,21-18-,23-22-,29-27-/t39-/m0/s1. The second-order valence-corrected chi connectivity index (χ2v) is 11.9. The van der Waals surface area contributed by atoms with Gasteiger partial charge in [0.05, 0.1) is 6.61 Å². The number of ether oxygens (including phenoxy) is 2. The maximum absolute atomic E-state index is 12.1. The summed E-state index contributed by atoms with van der Waals surface area (Å²) in [5, 5.41) is 9.53. The largest absolute Gasteiger partial charge is 0.462 e. The average molecular weight is 641 g/mol. The first-order valence-corrected chi connectivity index (χ1v) is 18.5. The average Bonchev–Trinajstić information content (AvgIpc) is 3.06. The van der Waals surface area contributed by atoms with E-state index in [9.17, 15) is 14.7 Å². The Labute approximate surface area is 283 Å². The molecular weight excluding hydrogens is 572 g/mol. The third-order valence-corrected chi connectivity index (χ3v) is 7.48. The Morgan fingerprint density at radius 2 is 0.957 bits per heavy atom. The lowest BCUT2D eigenvalue weighted by molar-refractivity contribution is -0.161. The van der Waals surface area contributed by atoms with E-state index in [1.807, 2.05) is 0 Å². The molecule has 0 aromatic rings. The topological polar surface area (TPSA) is 72.8 Å². The lowest BCUT2D eigenvalue weighted by Gasteiger charge is -2.15. The van der Waals surface area contributed by atoms with Crippen LogP contribution >= 0.6 is 0 Å². The summed E-state index contributed by atoms with van der Waals surface area (Å²) in [6, 6.07) is 0. The second-order valence-electron chi connectivity index (χ2n) is 11.9. The SMILES string of the molecule is CC/C=C\C/C=C\C/C=C\CCCCCCCC(=O)O[C@@H](CO)COC(=O)CCC/C=C\C/C=C\C/C=C\CCCCCCCC. The first kappa shape index (κ1) is 43.3. The van der Waals surface area contributed by atoms with Crippen molar-refractivity contribution >= 4 is 11.9 Å². The van der Waals surface area contributed by atoms with Crippen molar-refractivity contribution in [1.29, 1.82) is 0 Å². The summed E-state index contributed by atoms with van der Waals surface area (Å²) in [4.78, 5) is 24.2. The Bertz CT molecular complexity index is 864. The van der Waals surface area contributed by atoms with E-state index in [4.69, 9.17) is 9.47 Å². The molecule has 0 aromatic heterocycles. The molecule has 0 spiro atoms. The van der Waals surface area contributed by atoms with Crippen molar-refractivity contribution in [3.8, 4) is 0 Å². The zero-order valence-corrected chi connectivity index (χ0v) is 29.6. The quantitative estimate of drug-likeness (QED) is 0.0450. The van der Waals surface area contributed by atoms with Crippen LogP contribution in [0.25, 0.3) is 0 Å².